The molecule has 0 spiro atoms. The summed E-state index contributed by atoms with van der Waals surface area (Å²) < 4.78 is 5.71. The Hall–Kier alpha value is -2.10. The van der Waals surface area contributed by atoms with Crippen LogP contribution in [0.2, 0.25) is 0 Å². The van der Waals surface area contributed by atoms with Gasteiger partial charge in [-0.15, -0.1) is 24.0 Å². The van der Waals surface area contributed by atoms with Gasteiger partial charge in [-0.2, -0.15) is 0 Å². The highest BCUT2D eigenvalue weighted by Gasteiger charge is 2.21. The van der Waals surface area contributed by atoms with E-state index < -0.39 is 0 Å². The van der Waals surface area contributed by atoms with Gasteiger partial charge in [0.1, 0.15) is 5.75 Å². The summed E-state index contributed by atoms with van der Waals surface area (Å²) in [6.45, 7) is 9.72. The molecule has 1 aromatic carbocycles. The first-order valence-electron chi connectivity index (χ1n) is 9.57. The van der Waals surface area contributed by atoms with E-state index in [1.54, 1.807) is 12.4 Å². The maximum atomic E-state index is 5.71. The second kappa shape index (κ2) is 11.7. The topological polar surface area (TPSA) is 65.9 Å². The highest BCUT2D eigenvalue weighted by molar-refractivity contribution is 14.0. The number of hydrogen-bond donors (Lipinski definition) is 1. The molecule has 7 nitrogen and oxygen atoms in total. The molecule has 2 aromatic rings. The number of benzene rings is 1. The molecule has 8 heteroatoms. The Morgan fingerprint density at radius 3 is 2.46 bits per heavy atom. The fourth-order valence-corrected chi connectivity index (χ4v) is 3.09. The van der Waals surface area contributed by atoms with Gasteiger partial charge in [-0.25, -0.2) is 15.0 Å². The third-order valence-corrected chi connectivity index (χ3v) is 4.42. The average Bonchev–Trinajstić information content (AvgIpc) is 2.73. The van der Waals surface area contributed by atoms with E-state index >= 15 is 0 Å². The number of anilines is 1. The van der Waals surface area contributed by atoms with E-state index in [4.69, 9.17) is 9.73 Å². The van der Waals surface area contributed by atoms with Crippen molar-refractivity contribution in [2.24, 2.45) is 4.99 Å². The molecule has 1 N–H and O–H groups in total. The van der Waals surface area contributed by atoms with Crippen molar-refractivity contribution in [1.82, 2.24) is 20.2 Å². The molecule has 0 bridgehead atoms. The molecule has 1 aliphatic heterocycles. The molecule has 0 unspecified atom stereocenters. The molecule has 1 aliphatic rings. The van der Waals surface area contributed by atoms with E-state index in [0.717, 1.165) is 55.9 Å². The van der Waals surface area contributed by atoms with Crippen LogP contribution < -0.4 is 15.0 Å². The zero-order chi connectivity index (χ0) is 18.9. The number of nitrogens with zero attached hydrogens (tertiary/aromatic N) is 5. The van der Waals surface area contributed by atoms with E-state index in [0.29, 0.717) is 13.2 Å². The number of aromatic nitrogens is 2. The van der Waals surface area contributed by atoms with Crippen LogP contribution in [-0.2, 0) is 6.54 Å². The number of aliphatic imine (C=N–C) groups is 1. The summed E-state index contributed by atoms with van der Waals surface area (Å²) >= 11 is 0. The minimum atomic E-state index is 0. The van der Waals surface area contributed by atoms with Crippen molar-refractivity contribution in [2.75, 3.05) is 44.2 Å². The van der Waals surface area contributed by atoms with Crippen molar-refractivity contribution in [3.8, 4) is 5.75 Å². The Balaban J connectivity index is 0.00000280. The Morgan fingerprint density at radius 2 is 1.79 bits per heavy atom. The fourth-order valence-electron chi connectivity index (χ4n) is 3.09. The van der Waals surface area contributed by atoms with Gasteiger partial charge in [0.25, 0.3) is 0 Å². The van der Waals surface area contributed by atoms with Gasteiger partial charge >= 0.3 is 0 Å². The van der Waals surface area contributed by atoms with Crippen LogP contribution in [0, 0.1) is 0 Å². The number of hydrogen-bond acceptors (Lipinski definition) is 5. The fraction of sp³-hybridized carbons (Fsp3) is 0.450. The highest BCUT2D eigenvalue weighted by atomic mass is 127. The minimum Gasteiger partial charge on any atom is -0.494 e. The van der Waals surface area contributed by atoms with Gasteiger partial charge in [0.2, 0.25) is 5.95 Å². The molecule has 28 heavy (non-hydrogen) atoms. The molecule has 0 aliphatic carbocycles. The number of rotatable bonds is 6. The molecular weight excluding hydrogens is 467 g/mol. The van der Waals surface area contributed by atoms with Crippen LogP contribution in [0.15, 0.2) is 47.7 Å². The summed E-state index contributed by atoms with van der Waals surface area (Å²) in [6, 6.07) is 9.94. The standard InChI is InChI=1S/C20H28N6O.HI/c1-3-21-19(24-16-17-8-5-6-9-18(17)27-4-2)25-12-14-26(15-13-25)20-22-10-7-11-23-20;/h5-11H,3-4,12-16H2,1-2H3,(H,21,24);1H. The second-order valence-corrected chi connectivity index (χ2v) is 6.23. The zero-order valence-electron chi connectivity index (χ0n) is 16.5. The van der Waals surface area contributed by atoms with Crippen LogP contribution >= 0.6 is 24.0 Å². The van der Waals surface area contributed by atoms with Gasteiger partial charge in [0.15, 0.2) is 5.96 Å². The van der Waals surface area contributed by atoms with Crippen molar-refractivity contribution in [1.29, 1.82) is 0 Å². The number of para-hydroxylation sites is 1. The SMILES string of the molecule is CCNC(=NCc1ccccc1OCC)N1CCN(c2ncccn2)CC1.I. The normalized spacial score (nSPS) is 14.4. The molecule has 1 aromatic heterocycles. The predicted molar refractivity (Wildman–Crippen MR) is 124 cm³/mol. The van der Waals surface area contributed by atoms with Crippen molar-refractivity contribution >= 4 is 35.9 Å². The zero-order valence-corrected chi connectivity index (χ0v) is 18.9. The number of ether oxygens (including phenoxy) is 1. The molecule has 3 rings (SSSR count). The lowest BCUT2D eigenvalue weighted by Gasteiger charge is -2.36. The van der Waals surface area contributed by atoms with E-state index in [9.17, 15) is 0 Å². The molecule has 0 atom stereocenters. The predicted octanol–water partition coefficient (Wildman–Crippen LogP) is 2.78. The maximum Gasteiger partial charge on any atom is 0.225 e. The first-order valence-corrected chi connectivity index (χ1v) is 9.57. The Kier molecular flexibility index (Phi) is 9.26. The summed E-state index contributed by atoms with van der Waals surface area (Å²) in [7, 11) is 0. The van der Waals surface area contributed by atoms with Gasteiger partial charge in [-0.1, -0.05) is 18.2 Å². The average molecular weight is 496 g/mol. The van der Waals surface area contributed by atoms with Crippen LogP contribution in [-0.4, -0.2) is 60.2 Å². The molecular formula is C20H29IN6O. The summed E-state index contributed by atoms with van der Waals surface area (Å²) in [5.74, 6) is 2.65. The first-order chi connectivity index (χ1) is 13.3. The monoisotopic (exact) mass is 496 g/mol. The molecule has 1 saturated heterocycles. The number of piperazine rings is 1. The largest absolute Gasteiger partial charge is 0.494 e. The lowest BCUT2D eigenvalue weighted by molar-refractivity contribution is 0.336. The van der Waals surface area contributed by atoms with Crippen molar-refractivity contribution in [3.63, 3.8) is 0 Å². The van der Waals surface area contributed by atoms with Crippen LogP contribution in [0.1, 0.15) is 19.4 Å². The Morgan fingerprint density at radius 1 is 1.07 bits per heavy atom. The van der Waals surface area contributed by atoms with Gasteiger partial charge in [-0.05, 0) is 26.0 Å². The summed E-state index contributed by atoms with van der Waals surface area (Å²) in [5.41, 5.74) is 1.10. The molecule has 0 radical (unpaired) electrons. The van der Waals surface area contributed by atoms with Crippen LogP contribution in [0.5, 0.6) is 5.75 Å². The number of guanidine groups is 1. The summed E-state index contributed by atoms with van der Waals surface area (Å²) in [4.78, 5) is 18.1. The molecule has 0 amide bonds. The van der Waals surface area contributed by atoms with Gasteiger partial charge in [0.05, 0.1) is 13.2 Å². The second-order valence-electron chi connectivity index (χ2n) is 6.23. The molecule has 2 heterocycles. The van der Waals surface area contributed by atoms with Crippen molar-refractivity contribution in [2.45, 2.75) is 20.4 Å². The summed E-state index contributed by atoms with van der Waals surface area (Å²) in [5, 5.41) is 3.41. The van der Waals surface area contributed by atoms with Crippen LogP contribution in [0.4, 0.5) is 5.95 Å². The van der Waals surface area contributed by atoms with E-state index in [2.05, 4.69) is 38.1 Å². The summed E-state index contributed by atoms with van der Waals surface area (Å²) in [6.07, 6.45) is 3.58. The van der Waals surface area contributed by atoms with Gasteiger partial charge in [-0.3, -0.25) is 0 Å². The molecule has 152 valence electrons. The highest BCUT2D eigenvalue weighted by Crippen LogP contribution is 2.19. The lowest BCUT2D eigenvalue weighted by atomic mass is 10.2. The molecule has 0 saturated carbocycles. The quantitative estimate of drug-likeness (QED) is 0.377. The van der Waals surface area contributed by atoms with E-state index in [-0.39, 0.29) is 24.0 Å². The van der Waals surface area contributed by atoms with Crippen LogP contribution in [0.25, 0.3) is 0 Å². The maximum absolute atomic E-state index is 5.71. The third-order valence-electron chi connectivity index (χ3n) is 4.42. The minimum absolute atomic E-state index is 0. The first kappa shape index (κ1) is 22.2. The van der Waals surface area contributed by atoms with Gasteiger partial charge < -0.3 is 19.9 Å². The number of halogens is 1. The van der Waals surface area contributed by atoms with E-state index in [1.807, 2.05) is 31.2 Å². The van der Waals surface area contributed by atoms with Crippen LogP contribution in [0.3, 0.4) is 0 Å². The van der Waals surface area contributed by atoms with Crippen molar-refractivity contribution < 1.29 is 4.74 Å². The third kappa shape index (κ3) is 5.95. The Bertz CT molecular complexity index is 734. The Labute approximate surface area is 184 Å². The van der Waals surface area contributed by atoms with Gasteiger partial charge in [0, 0.05) is 50.7 Å². The van der Waals surface area contributed by atoms with Crippen molar-refractivity contribution in [3.05, 3.63) is 48.3 Å². The molecule has 1 fully saturated rings. The van der Waals surface area contributed by atoms with E-state index in [1.165, 1.54) is 0 Å². The number of nitrogens with one attached hydrogen (secondary N) is 1. The lowest BCUT2D eigenvalue weighted by Crippen LogP contribution is -2.52. The smallest absolute Gasteiger partial charge is 0.225 e.